The smallest absolute Gasteiger partial charge is 0.340 e. The number of hydrogen-bond acceptors (Lipinski definition) is 4. The lowest BCUT2D eigenvalue weighted by Gasteiger charge is -2.18. The van der Waals surface area contributed by atoms with Gasteiger partial charge in [0.1, 0.15) is 0 Å². The topological polar surface area (TPSA) is 58.6 Å². The maximum atomic E-state index is 12.3. The number of benzene rings is 2. The van der Waals surface area contributed by atoms with Gasteiger partial charge >= 0.3 is 5.97 Å². The Morgan fingerprint density at radius 1 is 1.04 bits per heavy atom. The first-order valence-corrected chi connectivity index (χ1v) is 7.45. The third-order valence-corrected chi connectivity index (χ3v) is 3.37. The van der Waals surface area contributed by atoms with Crippen LogP contribution in [-0.2, 0) is 9.53 Å². The molecule has 0 unspecified atom stereocenters. The standard InChI is InChI=1S/C18H20N2O3/c1-3-23-18(22)15-11-7-8-12-16(15)19-13-17(21)20(2)14-9-5-4-6-10-14/h4-12,19H,3,13H2,1-2H3. The second-order valence-electron chi connectivity index (χ2n) is 4.91. The van der Waals surface area contributed by atoms with Gasteiger partial charge in [0.2, 0.25) is 5.91 Å². The van der Waals surface area contributed by atoms with Gasteiger partial charge in [0.25, 0.3) is 0 Å². The summed E-state index contributed by atoms with van der Waals surface area (Å²) in [5.41, 5.74) is 1.82. The molecule has 120 valence electrons. The van der Waals surface area contributed by atoms with Crippen LogP contribution in [0.25, 0.3) is 0 Å². The van der Waals surface area contributed by atoms with E-state index in [4.69, 9.17) is 4.74 Å². The molecule has 2 aromatic carbocycles. The molecule has 23 heavy (non-hydrogen) atoms. The van der Waals surface area contributed by atoms with Crippen LogP contribution in [0.3, 0.4) is 0 Å². The Morgan fingerprint density at radius 3 is 2.39 bits per heavy atom. The number of anilines is 2. The van der Waals surface area contributed by atoms with Gasteiger partial charge in [-0.2, -0.15) is 0 Å². The Labute approximate surface area is 135 Å². The molecule has 0 aromatic heterocycles. The van der Waals surface area contributed by atoms with E-state index in [1.807, 2.05) is 30.3 Å². The van der Waals surface area contributed by atoms with Crippen molar-refractivity contribution >= 4 is 23.3 Å². The summed E-state index contributed by atoms with van der Waals surface area (Å²) in [6.45, 7) is 2.15. The quantitative estimate of drug-likeness (QED) is 0.833. The van der Waals surface area contributed by atoms with Gasteiger partial charge in [0, 0.05) is 18.4 Å². The van der Waals surface area contributed by atoms with Gasteiger partial charge in [-0.25, -0.2) is 4.79 Å². The zero-order valence-electron chi connectivity index (χ0n) is 13.3. The zero-order valence-corrected chi connectivity index (χ0v) is 13.3. The van der Waals surface area contributed by atoms with Gasteiger partial charge in [-0.15, -0.1) is 0 Å². The molecule has 0 radical (unpaired) electrons. The molecule has 0 saturated carbocycles. The molecule has 0 saturated heterocycles. The summed E-state index contributed by atoms with van der Waals surface area (Å²) in [6.07, 6.45) is 0. The van der Waals surface area contributed by atoms with E-state index in [-0.39, 0.29) is 12.5 Å². The van der Waals surface area contributed by atoms with Crippen LogP contribution in [0.2, 0.25) is 0 Å². The fourth-order valence-electron chi connectivity index (χ4n) is 2.11. The summed E-state index contributed by atoms with van der Waals surface area (Å²) in [6, 6.07) is 16.4. The van der Waals surface area contributed by atoms with Crippen LogP contribution in [0.5, 0.6) is 0 Å². The van der Waals surface area contributed by atoms with Gasteiger partial charge in [-0.05, 0) is 31.2 Å². The second kappa shape index (κ2) is 7.98. The Balaban J connectivity index is 2.03. The van der Waals surface area contributed by atoms with Crippen molar-refractivity contribution in [2.75, 3.05) is 30.4 Å². The van der Waals surface area contributed by atoms with Crippen molar-refractivity contribution in [3.05, 3.63) is 60.2 Å². The Hall–Kier alpha value is -2.82. The van der Waals surface area contributed by atoms with E-state index in [0.29, 0.717) is 17.9 Å². The van der Waals surface area contributed by atoms with Gasteiger partial charge in [0.15, 0.2) is 0 Å². The van der Waals surface area contributed by atoms with Crippen molar-refractivity contribution in [2.24, 2.45) is 0 Å². The number of para-hydroxylation sites is 2. The van der Waals surface area contributed by atoms with Crippen molar-refractivity contribution in [1.82, 2.24) is 0 Å². The molecular weight excluding hydrogens is 292 g/mol. The van der Waals surface area contributed by atoms with Gasteiger partial charge < -0.3 is 15.0 Å². The molecule has 5 heteroatoms. The van der Waals surface area contributed by atoms with E-state index in [1.54, 1.807) is 43.1 Å². The molecule has 0 heterocycles. The predicted octanol–water partition coefficient (Wildman–Crippen LogP) is 2.94. The number of carbonyl (C=O) groups excluding carboxylic acids is 2. The lowest BCUT2D eigenvalue weighted by molar-refractivity contribution is -0.116. The summed E-state index contributed by atoms with van der Waals surface area (Å²) in [7, 11) is 1.72. The van der Waals surface area contributed by atoms with Crippen molar-refractivity contribution in [2.45, 2.75) is 6.92 Å². The minimum atomic E-state index is -0.403. The molecule has 0 bridgehead atoms. The lowest BCUT2D eigenvalue weighted by Crippen LogP contribution is -2.32. The number of esters is 1. The Bertz CT molecular complexity index is 671. The molecular formula is C18H20N2O3. The summed E-state index contributed by atoms with van der Waals surface area (Å²) < 4.78 is 5.02. The third kappa shape index (κ3) is 4.32. The van der Waals surface area contributed by atoms with E-state index in [9.17, 15) is 9.59 Å². The van der Waals surface area contributed by atoms with Gasteiger partial charge in [-0.3, -0.25) is 4.79 Å². The van der Waals surface area contributed by atoms with Gasteiger partial charge in [-0.1, -0.05) is 30.3 Å². The number of hydrogen-bond donors (Lipinski definition) is 1. The van der Waals surface area contributed by atoms with Crippen LogP contribution in [0.15, 0.2) is 54.6 Å². The highest BCUT2D eigenvalue weighted by Gasteiger charge is 2.14. The molecule has 1 amide bonds. The lowest BCUT2D eigenvalue weighted by atomic mass is 10.2. The van der Waals surface area contributed by atoms with Crippen LogP contribution in [-0.4, -0.2) is 32.1 Å². The number of amides is 1. The fourth-order valence-corrected chi connectivity index (χ4v) is 2.11. The summed E-state index contributed by atoms with van der Waals surface area (Å²) >= 11 is 0. The summed E-state index contributed by atoms with van der Waals surface area (Å²) in [5.74, 6) is -0.505. The molecule has 0 aliphatic heterocycles. The van der Waals surface area contributed by atoms with Crippen molar-refractivity contribution in [1.29, 1.82) is 0 Å². The van der Waals surface area contributed by atoms with Crippen molar-refractivity contribution in [3.8, 4) is 0 Å². The molecule has 0 fully saturated rings. The minimum absolute atomic E-state index is 0.0851. The SMILES string of the molecule is CCOC(=O)c1ccccc1NCC(=O)N(C)c1ccccc1. The predicted molar refractivity (Wildman–Crippen MR) is 90.7 cm³/mol. The average molecular weight is 312 g/mol. The maximum absolute atomic E-state index is 12.3. The van der Waals surface area contributed by atoms with Crippen LogP contribution >= 0.6 is 0 Å². The Morgan fingerprint density at radius 2 is 1.70 bits per heavy atom. The van der Waals surface area contributed by atoms with Gasteiger partial charge in [0.05, 0.1) is 18.7 Å². The number of rotatable bonds is 6. The fraction of sp³-hybridized carbons (Fsp3) is 0.222. The molecule has 0 spiro atoms. The van der Waals surface area contributed by atoms with E-state index in [0.717, 1.165) is 5.69 Å². The van der Waals surface area contributed by atoms with E-state index in [2.05, 4.69) is 5.32 Å². The number of ether oxygens (including phenoxy) is 1. The molecule has 0 aliphatic rings. The summed E-state index contributed by atoms with van der Waals surface area (Å²) in [5, 5.41) is 3.01. The first-order valence-electron chi connectivity index (χ1n) is 7.45. The highest BCUT2D eigenvalue weighted by Crippen LogP contribution is 2.17. The van der Waals surface area contributed by atoms with E-state index < -0.39 is 5.97 Å². The molecule has 1 N–H and O–H groups in total. The highest BCUT2D eigenvalue weighted by atomic mass is 16.5. The molecule has 2 rings (SSSR count). The van der Waals surface area contributed by atoms with Crippen LogP contribution in [0, 0.1) is 0 Å². The van der Waals surface area contributed by atoms with E-state index in [1.165, 1.54) is 0 Å². The maximum Gasteiger partial charge on any atom is 0.340 e. The molecule has 0 aliphatic carbocycles. The summed E-state index contributed by atoms with van der Waals surface area (Å²) in [4.78, 5) is 25.7. The van der Waals surface area contributed by atoms with Crippen LogP contribution in [0.4, 0.5) is 11.4 Å². The first-order chi connectivity index (χ1) is 11.1. The number of nitrogens with zero attached hydrogens (tertiary/aromatic N) is 1. The average Bonchev–Trinajstić information content (AvgIpc) is 2.60. The van der Waals surface area contributed by atoms with Crippen LogP contribution < -0.4 is 10.2 Å². The largest absolute Gasteiger partial charge is 0.462 e. The van der Waals surface area contributed by atoms with E-state index >= 15 is 0 Å². The normalized spacial score (nSPS) is 10.0. The van der Waals surface area contributed by atoms with Crippen molar-refractivity contribution < 1.29 is 14.3 Å². The molecule has 2 aromatic rings. The third-order valence-electron chi connectivity index (χ3n) is 3.37. The highest BCUT2D eigenvalue weighted by molar-refractivity contribution is 5.98. The Kier molecular flexibility index (Phi) is 5.74. The molecule has 0 atom stereocenters. The van der Waals surface area contributed by atoms with Crippen molar-refractivity contribution in [3.63, 3.8) is 0 Å². The molecule has 5 nitrogen and oxygen atoms in total. The minimum Gasteiger partial charge on any atom is -0.462 e. The number of likely N-dealkylation sites (N-methyl/N-ethyl adjacent to an activating group) is 1. The number of carbonyl (C=O) groups is 2. The first kappa shape index (κ1) is 16.5. The van der Waals surface area contributed by atoms with Crippen LogP contribution in [0.1, 0.15) is 17.3 Å². The number of nitrogens with one attached hydrogen (secondary N) is 1. The zero-order chi connectivity index (χ0) is 16.7. The monoisotopic (exact) mass is 312 g/mol. The second-order valence-corrected chi connectivity index (χ2v) is 4.91.